The van der Waals surface area contributed by atoms with Crippen LogP contribution in [-0.2, 0) is 18.6 Å². The summed E-state index contributed by atoms with van der Waals surface area (Å²) in [6.07, 6.45) is 4.99. The van der Waals surface area contributed by atoms with Gasteiger partial charge in [0.2, 0.25) is 0 Å². The molecule has 0 radical (unpaired) electrons. The van der Waals surface area contributed by atoms with Crippen molar-refractivity contribution in [3.63, 3.8) is 0 Å². The van der Waals surface area contributed by atoms with Crippen LogP contribution < -0.4 is 0 Å². The van der Waals surface area contributed by atoms with Crippen molar-refractivity contribution in [3.8, 4) is 0 Å². The lowest BCUT2D eigenvalue weighted by atomic mass is 9.89. The van der Waals surface area contributed by atoms with Gasteiger partial charge >= 0.3 is 0 Å². The average Bonchev–Trinajstić information content (AvgIpc) is 3.42. The summed E-state index contributed by atoms with van der Waals surface area (Å²) in [4.78, 5) is 7.16. The number of thiophene rings is 1. The lowest BCUT2D eigenvalue weighted by molar-refractivity contribution is 0.509. The van der Waals surface area contributed by atoms with Crippen molar-refractivity contribution in [2.45, 2.75) is 37.1 Å². The first-order valence-corrected chi connectivity index (χ1v) is 12.2. The first-order valence-electron chi connectivity index (χ1n) is 9.68. The Labute approximate surface area is 190 Å². The molecule has 0 spiro atoms. The lowest BCUT2D eigenvalue weighted by Gasteiger charge is -2.17. The molecule has 0 aliphatic heterocycles. The van der Waals surface area contributed by atoms with Gasteiger partial charge in [0.1, 0.15) is 11.2 Å². The van der Waals surface area contributed by atoms with Crippen LogP contribution in [0.1, 0.15) is 29.3 Å². The van der Waals surface area contributed by atoms with Crippen molar-refractivity contribution in [1.82, 2.24) is 29.2 Å². The second-order valence-electron chi connectivity index (χ2n) is 7.67. The number of hydrogen-bond donors (Lipinski definition) is 0. The van der Waals surface area contributed by atoms with Crippen LogP contribution in [0.4, 0.5) is 0 Å². The fourth-order valence-electron chi connectivity index (χ4n) is 4.13. The fraction of sp³-hybridized carbons (Fsp3) is 0.300. The molecule has 0 bridgehead atoms. The Kier molecular flexibility index (Phi) is 4.46. The molecule has 0 fully saturated rings. The third-order valence-corrected chi connectivity index (χ3v) is 8.45. The van der Waals surface area contributed by atoms with Crippen LogP contribution in [0, 0.1) is 5.92 Å². The molecular weight excluding hydrogens is 459 g/mol. The van der Waals surface area contributed by atoms with Gasteiger partial charge in [0, 0.05) is 20.7 Å². The first kappa shape index (κ1) is 18.9. The molecule has 0 unspecified atom stereocenters. The molecule has 4 aromatic heterocycles. The number of halogens is 2. The largest absolute Gasteiger partial charge is 0.260 e. The number of hydrogen-bond acceptors (Lipinski definition) is 6. The zero-order valence-corrected chi connectivity index (χ0v) is 19.1. The summed E-state index contributed by atoms with van der Waals surface area (Å²) in [6.45, 7) is 2.32. The Morgan fingerprint density at radius 3 is 3.03 bits per heavy atom. The van der Waals surface area contributed by atoms with E-state index in [0.29, 0.717) is 27.5 Å². The highest BCUT2D eigenvalue weighted by molar-refractivity contribution is 7.98. The number of thioether (sulfide) groups is 1. The fourth-order valence-corrected chi connectivity index (χ4v) is 7.19. The highest BCUT2D eigenvalue weighted by Gasteiger charge is 2.26. The number of nitrogens with zero attached hydrogens (tertiary/aromatic N) is 6. The molecule has 4 heterocycles. The maximum absolute atomic E-state index is 6.37. The van der Waals surface area contributed by atoms with E-state index < -0.39 is 0 Å². The van der Waals surface area contributed by atoms with Crippen LogP contribution in [0.3, 0.4) is 0 Å². The van der Waals surface area contributed by atoms with Gasteiger partial charge in [-0.1, -0.05) is 48.0 Å². The summed E-state index contributed by atoms with van der Waals surface area (Å²) in [5, 5.41) is 16.7. The second kappa shape index (κ2) is 7.09. The van der Waals surface area contributed by atoms with Gasteiger partial charge in [0.25, 0.3) is 5.78 Å². The molecular formula is C20H16Cl2N6S2. The summed E-state index contributed by atoms with van der Waals surface area (Å²) in [7, 11) is 0. The lowest BCUT2D eigenvalue weighted by Crippen LogP contribution is -2.08. The van der Waals surface area contributed by atoms with Crippen molar-refractivity contribution in [2.75, 3.05) is 0 Å². The standard InChI is InChI=1S/C20H16Cl2N6S2/c1-10-2-5-13-15(6-10)30-18-16(13)17-23-9-24-28(17)19-25-26-20(27(18)19)29-8-11-3-4-12(21)7-14(11)22/h3-4,7,9-10H,2,5-6,8H2,1H3/t10-/m1/s1. The SMILES string of the molecule is C[C@@H]1CCc2c(sc3c2c2ncnn2c2nnc(SCc4ccc(Cl)cc4Cl)n32)C1. The Morgan fingerprint density at radius 1 is 1.27 bits per heavy atom. The number of aromatic nitrogens is 6. The van der Waals surface area contributed by atoms with E-state index in [4.69, 9.17) is 23.2 Å². The molecule has 30 heavy (non-hydrogen) atoms. The number of fused-ring (bicyclic) bond motifs is 8. The molecule has 6 rings (SSSR count). The molecule has 1 aromatic carbocycles. The van der Waals surface area contributed by atoms with Crippen molar-refractivity contribution in [2.24, 2.45) is 5.92 Å². The van der Waals surface area contributed by atoms with E-state index in [-0.39, 0.29) is 0 Å². The zero-order chi connectivity index (χ0) is 20.4. The number of aryl methyl sites for hydroxylation is 1. The van der Waals surface area contributed by atoms with Gasteiger partial charge in [-0.25, -0.2) is 9.38 Å². The molecule has 0 amide bonds. The smallest absolute Gasteiger partial charge is 0.244 e. The van der Waals surface area contributed by atoms with Crippen molar-refractivity contribution in [3.05, 3.63) is 50.6 Å². The second-order valence-corrected chi connectivity index (χ2v) is 10.5. The summed E-state index contributed by atoms with van der Waals surface area (Å²) in [5.41, 5.74) is 3.30. The molecule has 1 atom stereocenters. The van der Waals surface area contributed by atoms with Crippen molar-refractivity contribution < 1.29 is 0 Å². The first-order chi connectivity index (χ1) is 14.6. The molecule has 1 aliphatic rings. The third-order valence-electron chi connectivity index (χ3n) is 5.65. The van der Waals surface area contributed by atoms with Gasteiger partial charge in [-0.05, 0) is 48.4 Å². The predicted molar refractivity (Wildman–Crippen MR) is 122 cm³/mol. The summed E-state index contributed by atoms with van der Waals surface area (Å²) >= 11 is 15.9. The molecule has 0 saturated carbocycles. The Bertz CT molecular complexity index is 1440. The molecule has 0 N–H and O–H groups in total. The minimum Gasteiger partial charge on any atom is -0.244 e. The van der Waals surface area contributed by atoms with Gasteiger partial charge in [-0.2, -0.15) is 9.61 Å². The Hall–Kier alpha value is -1.87. The van der Waals surface area contributed by atoms with Gasteiger partial charge in [-0.15, -0.1) is 21.5 Å². The average molecular weight is 475 g/mol. The van der Waals surface area contributed by atoms with Crippen LogP contribution in [0.2, 0.25) is 10.0 Å². The maximum atomic E-state index is 6.37. The maximum Gasteiger partial charge on any atom is 0.260 e. The minimum absolute atomic E-state index is 0.635. The van der Waals surface area contributed by atoms with E-state index in [1.807, 2.05) is 23.5 Å². The van der Waals surface area contributed by atoms with Gasteiger partial charge in [0.05, 0.1) is 5.39 Å². The van der Waals surface area contributed by atoms with Gasteiger partial charge in [0.15, 0.2) is 10.8 Å². The van der Waals surface area contributed by atoms with E-state index in [1.165, 1.54) is 22.2 Å². The van der Waals surface area contributed by atoms with E-state index in [2.05, 4.69) is 31.6 Å². The number of benzene rings is 1. The van der Waals surface area contributed by atoms with Gasteiger partial charge in [-0.3, -0.25) is 0 Å². The van der Waals surface area contributed by atoms with Gasteiger partial charge < -0.3 is 0 Å². The Balaban J connectivity index is 1.53. The van der Waals surface area contributed by atoms with E-state index >= 15 is 0 Å². The topological polar surface area (TPSA) is 60.4 Å². The van der Waals surface area contributed by atoms with Crippen LogP contribution in [0.5, 0.6) is 0 Å². The normalized spacial score (nSPS) is 16.7. The quantitative estimate of drug-likeness (QED) is 0.313. The van der Waals surface area contributed by atoms with Crippen LogP contribution >= 0.6 is 46.3 Å². The predicted octanol–water partition coefficient (Wildman–Crippen LogP) is 5.71. The van der Waals surface area contributed by atoms with Crippen LogP contribution in [0.25, 0.3) is 21.6 Å². The van der Waals surface area contributed by atoms with E-state index in [1.54, 1.807) is 28.7 Å². The molecule has 6 nitrogen and oxygen atoms in total. The highest BCUT2D eigenvalue weighted by atomic mass is 35.5. The molecule has 152 valence electrons. The zero-order valence-electron chi connectivity index (χ0n) is 16.0. The monoisotopic (exact) mass is 474 g/mol. The molecule has 10 heteroatoms. The van der Waals surface area contributed by atoms with E-state index in [0.717, 1.165) is 34.0 Å². The summed E-state index contributed by atoms with van der Waals surface area (Å²) < 4.78 is 3.93. The van der Waals surface area contributed by atoms with Crippen molar-refractivity contribution in [1.29, 1.82) is 0 Å². The molecule has 5 aromatic rings. The Morgan fingerprint density at radius 2 is 2.17 bits per heavy atom. The molecule has 1 aliphatic carbocycles. The summed E-state index contributed by atoms with van der Waals surface area (Å²) in [5.74, 6) is 2.07. The third kappa shape index (κ3) is 2.85. The van der Waals surface area contributed by atoms with Crippen LogP contribution in [0.15, 0.2) is 29.7 Å². The van der Waals surface area contributed by atoms with Crippen LogP contribution in [-0.4, -0.2) is 29.2 Å². The van der Waals surface area contributed by atoms with E-state index in [9.17, 15) is 0 Å². The summed E-state index contributed by atoms with van der Waals surface area (Å²) in [6, 6.07) is 5.58. The number of rotatable bonds is 3. The molecule has 0 saturated heterocycles. The highest BCUT2D eigenvalue weighted by Crippen LogP contribution is 2.41. The van der Waals surface area contributed by atoms with Crippen molar-refractivity contribution >= 4 is 67.9 Å². The minimum atomic E-state index is 0.635.